The second-order valence-electron chi connectivity index (χ2n) is 2.18. The summed E-state index contributed by atoms with van der Waals surface area (Å²) >= 11 is 1.44. The lowest BCUT2D eigenvalue weighted by Crippen LogP contribution is -2.01. The summed E-state index contributed by atoms with van der Waals surface area (Å²) in [6, 6.07) is 3.24. The standard InChI is InChI=1S/C7H5NO2S/c9-6-3-5-4(1-2-11-5)7(10)8-6/h1-3H,(H2,8,9,10). The molecule has 2 aromatic rings. The van der Waals surface area contributed by atoms with Crippen molar-refractivity contribution in [2.45, 2.75) is 0 Å². The molecule has 3 nitrogen and oxygen atoms in total. The molecule has 0 aliphatic carbocycles. The van der Waals surface area contributed by atoms with Crippen molar-refractivity contribution in [2.24, 2.45) is 0 Å². The number of fused-ring (bicyclic) bond motifs is 1. The molecule has 2 rings (SSSR count). The van der Waals surface area contributed by atoms with Gasteiger partial charge in [-0.2, -0.15) is 0 Å². The van der Waals surface area contributed by atoms with Crippen LogP contribution in [0.2, 0.25) is 0 Å². The fourth-order valence-electron chi connectivity index (χ4n) is 0.968. The van der Waals surface area contributed by atoms with Crippen LogP contribution in [0.15, 0.2) is 22.3 Å². The van der Waals surface area contributed by atoms with E-state index in [9.17, 15) is 9.90 Å². The molecule has 0 aliphatic heterocycles. The first kappa shape index (κ1) is 6.42. The average Bonchev–Trinajstić information content (AvgIpc) is 2.34. The minimum atomic E-state index is -0.266. The molecular weight excluding hydrogens is 162 g/mol. The zero-order valence-corrected chi connectivity index (χ0v) is 6.31. The summed E-state index contributed by atoms with van der Waals surface area (Å²) < 4.78 is 0.811. The summed E-state index contributed by atoms with van der Waals surface area (Å²) in [4.78, 5) is 13.1. The Morgan fingerprint density at radius 2 is 2.36 bits per heavy atom. The maximum atomic E-state index is 10.8. The highest BCUT2D eigenvalue weighted by Crippen LogP contribution is 2.24. The lowest BCUT2D eigenvalue weighted by atomic mass is 10.3. The van der Waals surface area contributed by atoms with Gasteiger partial charge in [-0.15, -0.1) is 11.3 Å². The Bertz CT molecular complexity index is 443. The van der Waals surface area contributed by atoms with Crippen molar-refractivity contribution in [3.05, 3.63) is 27.9 Å². The van der Waals surface area contributed by atoms with E-state index in [4.69, 9.17) is 0 Å². The number of aromatic hydroxyl groups is 1. The number of H-pyrrole nitrogens is 1. The Kier molecular flexibility index (Phi) is 1.22. The van der Waals surface area contributed by atoms with E-state index < -0.39 is 0 Å². The van der Waals surface area contributed by atoms with Crippen molar-refractivity contribution in [3.8, 4) is 5.88 Å². The van der Waals surface area contributed by atoms with Crippen LogP contribution in [-0.2, 0) is 0 Å². The predicted octanol–water partition coefficient (Wildman–Crippen LogP) is 1.30. The molecule has 0 saturated carbocycles. The quantitative estimate of drug-likeness (QED) is 0.621. The third-order valence-corrected chi connectivity index (χ3v) is 2.32. The van der Waals surface area contributed by atoms with E-state index in [1.54, 1.807) is 6.07 Å². The van der Waals surface area contributed by atoms with E-state index in [0.717, 1.165) is 4.70 Å². The van der Waals surface area contributed by atoms with Gasteiger partial charge in [0.25, 0.3) is 5.56 Å². The van der Waals surface area contributed by atoms with E-state index in [1.807, 2.05) is 5.38 Å². The molecule has 0 radical (unpaired) electrons. The zero-order valence-electron chi connectivity index (χ0n) is 5.50. The van der Waals surface area contributed by atoms with Crippen molar-refractivity contribution in [1.29, 1.82) is 0 Å². The number of thiophene rings is 1. The number of hydrogen-bond donors (Lipinski definition) is 2. The van der Waals surface area contributed by atoms with Gasteiger partial charge in [0.05, 0.1) is 5.39 Å². The van der Waals surface area contributed by atoms with Crippen LogP contribution in [-0.4, -0.2) is 10.1 Å². The minimum absolute atomic E-state index is 0.0475. The van der Waals surface area contributed by atoms with E-state index in [0.29, 0.717) is 5.39 Å². The van der Waals surface area contributed by atoms with Gasteiger partial charge in [-0.3, -0.25) is 9.78 Å². The number of nitrogens with one attached hydrogen (secondary N) is 1. The molecule has 0 amide bonds. The van der Waals surface area contributed by atoms with Crippen molar-refractivity contribution in [2.75, 3.05) is 0 Å². The third-order valence-electron chi connectivity index (χ3n) is 1.45. The Hall–Kier alpha value is -1.29. The molecule has 0 spiro atoms. The van der Waals surface area contributed by atoms with Gasteiger partial charge in [0.1, 0.15) is 0 Å². The van der Waals surface area contributed by atoms with Gasteiger partial charge in [0.15, 0.2) is 5.88 Å². The molecule has 0 fully saturated rings. The summed E-state index contributed by atoms with van der Waals surface area (Å²) in [5.74, 6) is -0.0475. The van der Waals surface area contributed by atoms with Crippen LogP contribution < -0.4 is 5.56 Å². The van der Waals surface area contributed by atoms with Crippen molar-refractivity contribution >= 4 is 21.4 Å². The lowest BCUT2D eigenvalue weighted by molar-refractivity contribution is 0.459. The normalized spacial score (nSPS) is 10.5. The van der Waals surface area contributed by atoms with Gasteiger partial charge in [0.2, 0.25) is 0 Å². The van der Waals surface area contributed by atoms with Crippen LogP contribution in [0.1, 0.15) is 0 Å². The Labute approximate surface area is 65.9 Å². The summed E-state index contributed by atoms with van der Waals surface area (Å²) in [5, 5.41) is 11.7. The second kappa shape index (κ2) is 2.10. The van der Waals surface area contributed by atoms with Crippen molar-refractivity contribution in [1.82, 2.24) is 4.98 Å². The lowest BCUT2D eigenvalue weighted by Gasteiger charge is -1.91. The molecule has 0 unspecified atom stereocenters. The van der Waals surface area contributed by atoms with Crippen LogP contribution in [0.25, 0.3) is 10.1 Å². The molecule has 0 saturated heterocycles. The number of hydrogen-bond acceptors (Lipinski definition) is 3. The maximum absolute atomic E-state index is 10.8. The molecule has 0 bridgehead atoms. The zero-order chi connectivity index (χ0) is 7.84. The molecular formula is C7H5NO2S. The van der Waals surface area contributed by atoms with Crippen LogP contribution in [0.3, 0.4) is 0 Å². The van der Waals surface area contributed by atoms with E-state index in [2.05, 4.69) is 4.98 Å². The smallest absolute Gasteiger partial charge is 0.252 e. The summed E-state index contributed by atoms with van der Waals surface area (Å²) in [5.41, 5.74) is -0.266. The van der Waals surface area contributed by atoms with Gasteiger partial charge < -0.3 is 5.11 Å². The highest BCUT2D eigenvalue weighted by Gasteiger charge is 2.00. The van der Waals surface area contributed by atoms with E-state index in [-0.39, 0.29) is 11.4 Å². The van der Waals surface area contributed by atoms with Crippen LogP contribution in [0, 0.1) is 0 Å². The molecule has 2 N–H and O–H groups in total. The van der Waals surface area contributed by atoms with E-state index in [1.165, 1.54) is 17.4 Å². The van der Waals surface area contributed by atoms with Gasteiger partial charge >= 0.3 is 0 Å². The molecule has 2 aromatic heterocycles. The van der Waals surface area contributed by atoms with Crippen molar-refractivity contribution in [3.63, 3.8) is 0 Å². The number of pyridine rings is 1. The molecule has 4 heteroatoms. The second-order valence-corrected chi connectivity index (χ2v) is 3.13. The highest BCUT2D eigenvalue weighted by molar-refractivity contribution is 7.17. The average molecular weight is 167 g/mol. The monoisotopic (exact) mass is 167 g/mol. The summed E-state index contributed by atoms with van der Waals surface area (Å²) in [6.45, 7) is 0. The van der Waals surface area contributed by atoms with Crippen LogP contribution in [0.4, 0.5) is 0 Å². The van der Waals surface area contributed by atoms with E-state index >= 15 is 0 Å². The van der Waals surface area contributed by atoms with Gasteiger partial charge in [0, 0.05) is 10.8 Å². The topological polar surface area (TPSA) is 53.1 Å². The molecule has 56 valence electrons. The molecule has 2 heterocycles. The first-order valence-electron chi connectivity index (χ1n) is 3.07. The Morgan fingerprint density at radius 1 is 1.55 bits per heavy atom. The van der Waals surface area contributed by atoms with Crippen molar-refractivity contribution < 1.29 is 5.11 Å². The number of rotatable bonds is 0. The SMILES string of the molecule is O=c1cc2sccc2c(O)[nH]1. The summed E-state index contributed by atoms with van der Waals surface area (Å²) in [7, 11) is 0. The minimum Gasteiger partial charge on any atom is -0.494 e. The fraction of sp³-hybridized carbons (Fsp3) is 0. The molecule has 0 aliphatic rings. The van der Waals surface area contributed by atoms with Gasteiger partial charge in [-0.05, 0) is 11.4 Å². The highest BCUT2D eigenvalue weighted by atomic mass is 32.1. The largest absolute Gasteiger partial charge is 0.494 e. The van der Waals surface area contributed by atoms with Gasteiger partial charge in [-0.25, -0.2) is 0 Å². The maximum Gasteiger partial charge on any atom is 0.252 e. The fourth-order valence-corrected chi connectivity index (χ4v) is 1.79. The predicted molar refractivity (Wildman–Crippen MR) is 44.1 cm³/mol. The third kappa shape index (κ3) is 0.914. The Morgan fingerprint density at radius 3 is 3.18 bits per heavy atom. The molecule has 0 atom stereocenters. The summed E-state index contributed by atoms with van der Waals surface area (Å²) in [6.07, 6.45) is 0. The van der Waals surface area contributed by atoms with Crippen LogP contribution >= 0.6 is 11.3 Å². The Balaban J connectivity index is 3.02. The van der Waals surface area contributed by atoms with Gasteiger partial charge in [-0.1, -0.05) is 0 Å². The number of aromatic nitrogens is 1. The molecule has 0 aromatic carbocycles. The molecule has 11 heavy (non-hydrogen) atoms. The number of aromatic amines is 1. The first-order valence-corrected chi connectivity index (χ1v) is 3.95. The van der Waals surface area contributed by atoms with Crippen LogP contribution in [0.5, 0.6) is 5.88 Å². The first-order chi connectivity index (χ1) is 5.27.